The molecule has 1 aromatic heterocycles. The molecule has 0 radical (unpaired) electrons. The van der Waals surface area contributed by atoms with Crippen LogP contribution in [0.4, 0.5) is 4.39 Å². The summed E-state index contributed by atoms with van der Waals surface area (Å²) in [5, 5.41) is 6.70. The Morgan fingerprint density at radius 3 is 2.62 bits per heavy atom. The van der Waals surface area contributed by atoms with E-state index in [1.807, 2.05) is 6.92 Å². The third-order valence-corrected chi connectivity index (χ3v) is 2.90. The van der Waals surface area contributed by atoms with Gasteiger partial charge in [-0.05, 0) is 30.2 Å². The van der Waals surface area contributed by atoms with Crippen LogP contribution >= 0.6 is 0 Å². The van der Waals surface area contributed by atoms with Crippen LogP contribution in [0.2, 0.25) is 0 Å². The summed E-state index contributed by atoms with van der Waals surface area (Å²) >= 11 is 0. The molecular weight excluding hydrogens is 273 g/mol. The Balaban J connectivity index is 2.04. The van der Waals surface area contributed by atoms with Gasteiger partial charge in [0.2, 0.25) is 0 Å². The number of carbonyl (C=O) groups excluding carboxylic acids is 1. The zero-order valence-corrected chi connectivity index (χ0v) is 11.7. The number of amides is 1. The molecule has 5 nitrogen and oxygen atoms in total. The smallest absolute Gasteiger partial charge is 0.271 e. The molecule has 0 spiro atoms. The maximum absolute atomic E-state index is 12.8. The van der Waals surface area contributed by atoms with Crippen molar-refractivity contribution in [2.75, 3.05) is 0 Å². The Morgan fingerprint density at radius 2 is 1.95 bits per heavy atom. The lowest BCUT2D eigenvalue weighted by atomic mass is 10.2. The molecular formula is C15H16FN3O2. The fourth-order valence-electron chi connectivity index (χ4n) is 1.82. The number of hydrogen-bond donors (Lipinski definition) is 1. The molecule has 6 heteroatoms. The van der Waals surface area contributed by atoms with E-state index in [4.69, 9.17) is 0 Å². The molecule has 1 aromatic carbocycles. The Bertz CT molecular complexity index is 680. The Morgan fingerprint density at radius 1 is 1.24 bits per heavy atom. The molecule has 0 atom stereocenters. The molecule has 0 saturated heterocycles. The first-order chi connectivity index (χ1) is 10.1. The van der Waals surface area contributed by atoms with E-state index in [0.717, 1.165) is 12.0 Å². The highest BCUT2D eigenvalue weighted by Gasteiger charge is 2.09. The van der Waals surface area contributed by atoms with Crippen LogP contribution in [-0.2, 0) is 13.1 Å². The van der Waals surface area contributed by atoms with Gasteiger partial charge in [0.15, 0.2) is 0 Å². The van der Waals surface area contributed by atoms with Crippen LogP contribution in [0.1, 0.15) is 29.4 Å². The van der Waals surface area contributed by atoms with Crippen molar-refractivity contribution in [3.8, 4) is 0 Å². The van der Waals surface area contributed by atoms with E-state index in [9.17, 15) is 14.0 Å². The molecule has 0 unspecified atom stereocenters. The predicted molar refractivity (Wildman–Crippen MR) is 76.4 cm³/mol. The largest absolute Gasteiger partial charge is 0.347 e. The molecule has 0 fully saturated rings. The Kier molecular flexibility index (Phi) is 4.81. The van der Waals surface area contributed by atoms with Gasteiger partial charge in [0.25, 0.3) is 11.5 Å². The second-order valence-corrected chi connectivity index (χ2v) is 4.59. The van der Waals surface area contributed by atoms with Gasteiger partial charge in [-0.15, -0.1) is 0 Å². The van der Waals surface area contributed by atoms with Gasteiger partial charge in [-0.3, -0.25) is 9.59 Å². The fraction of sp³-hybridized carbons (Fsp3) is 0.267. The number of carbonyl (C=O) groups is 1. The van der Waals surface area contributed by atoms with E-state index < -0.39 is 0 Å². The highest BCUT2D eigenvalue weighted by atomic mass is 19.1. The number of aryl methyl sites for hydroxylation is 1. The summed E-state index contributed by atoms with van der Waals surface area (Å²) in [6, 6.07) is 8.59. The van der Waals surface area contributed by atoms with Gasteiger partial charge in [-0.2, -0.15) is 5.10 Å². The summed E-state index contributed by atoms with van der Waals surface area (Å²) in [5.41, 5.74) is 0.740. The molecule has 1 N–H and O–H groups in total. The molecule has 2 rings (SSSR count). The molecule has 110 valence electrons. The van der Waals surface area contributed by atoms with Crippen molar-refractivity contribution in [1.29, 1.82) is 0 Å². The lowest BCUT2D eigenvalue weighted by Crippen LogP contribution is -2.29. The zero-order valence-electron chi connectivity index (χ0n) is 11.7. The van der Waals surface area contributed by atoms with Crippen LogP contribution in [0, 0.1) is 5.82 Å². The molecule has 1 amide bonds. The van der Waals surface area contributed by atoms with E-state index in [1.54, 1.807) is 12.1 Å². The number of halogens is 1. The minimum atomic E-state index is -0.371. The van der Waals surface area contributed by atoms with Crippen LogP contribution in [0.5, 0.6) is 0 Å². The van der Waals surface area contributed by atoms with Gasteiger partial charge in [0.05, 0.1) is 0 Å². The first kappa shape index (κ1) is 14.9. The average molecular weight is 289 g/mol. The molecule has 21 heavy (non-hydrogen) atoms. The zero-order chi connectivity index (χ0) is 15.2. The lowest BCUT2D eigenvalue weighted by Gasteiger charge is -2.07. The molecule has 1 heterocycles. The van der Waals surface area contributed by atoms with E-state index in [2.05, 4.69) is 10.4 Å². The molecule has 0 aliphatic heterocycles. The topological polar surface area (TPSA) is 64.0 Å². The number of aromatic nitrogens is 2. The molecule has 0 saturated carbocycles. The van der Waals surface area contributed by atoms with Gasteiger partial charge in [-0.25, -0.2) is 9.07 Å². The molecule has 0 aliphatic rings. The average Bonchev–Trinajstić information content (AvgIpc) is 2.49. The van der Waals surface area contributed by atoms with Gasteiger partial charge in [0.1, 0.15) is 11.5 Å². The number of rotatable bonds is 5. The first-order valence-corrected chi connectivity index (χ1v) is 6.71. The second-order valence-electron chi connectivity index (χ2n) is 4.59. The third kappa shape index (κ3) is 3.98. The van der Waals surface area contributed by atoms with Gasteiger partial charge in [0, 0.05) is 19.2 Å². The van der Waals surface area contributed by atoms with Crippen LogP contribution in [0.15, 0.2) is 41.2 Å². The normalized spacial score (nSPS) is 10.4. The maximum atomic E-state index is 12.8. The highest BCUT2D eigenvalue weighted by Crippen LogP contribution is 2.02. The number of nitrogens with one attached hydrogen (secondary N) is 1. The number of benzene rings is 1. The van der Waals surface area contributed by atoms with Crippen LogP contribution < -0.4 is 10.9 Å². The summed E-state index contributed by atoms with van der Waals surface area (Å²) in [7, 11) is 0. The SMILES string of the molecule is CCCn1nc(C(=O)NCc2ccc(F)cc2)ccc1=O. The Hall–Kier alpha value is -2.50. The van der Waals surface area contributed by atoms with Crippen LogP contribution in [0.3, 0.4) is 0 Å². The molecule has 2 aromatic rings. The van der Waals surface area contributed by atoms with Gasteiger partial charge in [-0.1, -0.05) is 19.1 Å². The Labute approximate surface area is 121 Å². The molecule has 0 aliphatic carbocycles. The van der Waals surface area contributed by atoms with Crippen molar-refractivity contribution < 1.29 is 9.18 Å². The lowest BCUT2D eigenvalue weighted by molar-refractivity contribution is 0.0943. The summed E-state index contributed by atoms with van der Waals surface area (Å²) < 4.78 is 14.0. The van der Waals surface area contributed by atoms with Gasteiger partial charge >= 0.3 is 0 Å². The maximum Gasteiger partial charge on any atom is 0.271 e. The molecule has 0 bridgehead atoms. The first-order valence-electron chi connectivity index (χ1n) is 6.71. The van der Waals surface area contributed by atoms with Crippen LogP contribution in [0.25, 0.3) is 0 Å². The van der Waals surface area contributed by atoms with Crippen molar-refractivity contribution in [3.63, 3.8) is 0 Å². The van der Waals surface area contributed by atoms with Gasteiger partial charge < -0.3 is 5.32 Å². The minimum Gasteiger partial charge on any atom is -0.347 e. The van der Waals surface area contributed by atoms with Crippen molar-refractivity contribution in [3.05, 3.63) is 63.8 Å². The quantitative estimate of drug-likeness (QED) is 0.911. The van der Waals surface area contributed by atoms with E-state index in [-0.39, 0.29) is 29.5 Å². The van der Waals surface area contributed by atoms with E-state index in [0.29, 0.717) is 6.54 Å². The number of hydrogen-bond acceptors (Lipinski definition) is 3. The van der Waals surface area contributed by atoms with Crippen molar-refractivity contribution in [1.82, 2.24) is 15.1 Å². The van der Waals surface area contributed by atoms with E-state index >= 15 is 0 Å². The third-order valence-electron chi connectivity index (χ3n) is 2.90. The fourth-order valence-corrected chi connectivity index (χ4v) is 1.82. The second kappa shape index (κ2) is 6.78. The summed E-state index contributed by atoms with van der Waals surface area (Å²) in [6.45, 7) is 2.67. The van der Waals surface area contributed by atoms with Crippen molar-refractivity contribution >= 4 is 5.91 Å². The summed E-state index contributed by atoms with van der Waals surface area (Å²) in [4.78, 5) is 23.5. The summed E-state index contributed by atoms with van der Waals surface area (Å²) in [6.07, 6.45) is 0.757. The minimum absolute atomic E-state index is 0.185. The summed E-state index contributed by atoms with van der Waals surface area (Å²) in [5.74, 6) is -0.692. The predicted octanol–water partition coefficient (Wildman–Crippen LogP) is 1.72. The van der Waals surface area contributed by atoms with Crippen molar-refractivity contribution in [2.24, 2.45) is 0 Å². The highest BCUT2D eigenvalue weighted by molar-refractivity contribution is 5.91. The number of nitrogens with zero attached hydrogens (tertiary/aromatic N) is 2. The van der Waals surface area contributed by atoms with E-state index in [1.165, 1.54) is 28.9 Å². The monoisotopic (exact) mass is 289 g/mol. The van der Waals surface area contributed by atoms with Crippen LogP contribution in [-0.4, -0.2) is 15.7 Å². The van der Waals surface area contributed by atoms with Crippen molar-refractivity contribution in [2.45, 2.75) is 26.4 Å². The standard InChI is InChI=1S/C15H16FN3O2/c1-2-9-19-14(20)8-7-13(18-19)15(21)17-10-11-3-5-12(16)6-4-11/h3-8H,2,9-10H2,1H3,(H,17,21).